The Hall–Kier alpha value is -0.830. The third-order valence-corrected chi connectivity index (χ3v) is 4.92. The quantitative estimate of drug-likeness (QED) is 0.893. The van der Waals surface area contributed by atoms with E-state index in [9.17, 15) is 5.11 Å². The Bertz CT molecular complexity index is 397. The number of nitrogens with zero attached hydrogens (tertiary/aromatic N) is 2. The first kappa shape index (κ1) is 13.6. The molecule has 0 bridgehead atoms. The Morgan fingerprint density at radius 2 is 2.17 bits per heavy atom. The van der Waals surface area contributed by atoms with Crippen molar-refractivity contribution in [3.05, 3.63) is 18.2 Å². The molecule has 1 N–H and O–H groups in total. The topological polar surface area (TPSA) is 38.0 Å². The van der Waals surface area contributed by atoms with E-state index in [0.29, 0.717) is 17.4 Å². The molecule has 0 amide bonds. The van der Waals surface area contributed by atoms with Crippen LogP contribution >= 0.6 is 0 Å². The maximum Gasteiger partial charge on any atom is 0.105 e. The van der Waals surface area contributed by atoms with Crippen molar-refractivity contribution in [2.75, 3.05) is 0 Å². The molecule has 1 aliphatic carbocycles. The normalized spacial score (nSPS) is 29.5. The highest BCUT2D eigenvalue weighted by Gasteiger charge is 2.39. The highest BCUT2D eigenvalue weighted by atomic mass is 16.3. The van der Waals surface area contributed by atoms with Gasteiger partial charge in [-0.25, -0.2) is 4.98 Å². The van der Waals surface area contributed by atoms with Gasteiger partial charge in [-0.1, -0.05) is 27.2 Å². The Kier molecular flexibility index (Phi) is 3.81. The van der Waals surface area contributed by atoms with Crippen LogP contribution in [0.15, 0.2) is 12.4 Å². The van der Waals surface area contributed by atoms with Gasteiger partial charge >= 0.3 is 0 Å². The third-order valence-electron chi connectivity index (χ3n) is 4.92. The van der Waals surface area contributed by atoms with Crippen LogP contribution in [0.4, 0.5) is 0 Å². The minimum atomic E-state index is -0.152. The molecule has 0 aromatic carbocycles. The molecule has 1 saturated carbocycles. The van der Waals surface area contributed by atoms with E-state index >= 15 is 0 Å². The summed E-state index contributed by atoms with van der Waals surface area (Å²) in [5.74, 6) is 1.69. The van der Waals surface area contributed by atoms with E-state index in [4.69, 9.17) is 0 Å². The predicted molar refractivity (Wildman–Crippen MR) is 73.4 cm³/mol. The number of aliphatic hydroxyl groups excluding tert-OH is 1. The van der Waals surface area contributed by atoms with Crippen LogP contribution in [0.1, 0.15) is 58.3 Å². The van der Waals surface area contributed by atoms with Crippen molar-refractivity contribution >= 4 is 0 Å². The largest absolute Gasteiger partial charge is 0.393 e. The van der Waals surface area contributed by atoms with Crippen molar-refractivity contribution in [1.29, 1.82) is 0 Å². The van der Waals surface area contributed by atoms with Crippen LogP contribution in [0, 0.1) is 18.3 Å². The highest BCUT2D eigenvalue weighted by Crippen LogP contribution is 2.46. The van der Waals surface area contributed by atoms with Gasteiger partial charge in [-0.2, -0.15) is 0 Å². The molecule has 0 aliphatic heterocycles. The molecule has 1 heterocycles. The first-order valence-electron chi connectivity index (χ1n) is 7.13. The van der Waals surface area contributed by atoms with E-state index in [1.54, 1.807) is 0 Å². The van der Waals surface area contributed by atoms with Crippen molar-refractivity contribution in [1.82, 2.24) is 9.55 Å². The lowest BCUT2D eigenvalue weighted by atomic mass is 9.66. The van der Waals surface area contributed by atoms with E-state index < -0.39 is 0 Å². The molecule has 3 nitrogen and oxygen atoms in total. The fraction of sp³-hybridized carbons (Fsp3) is 0.800. The van der Waals surface area contributed by atoms with Gasteiger partial charge in [0.2, 0.25) is 0 Å². The fourth-order valence-electron chi connectivity index (χ4n) is 3.34. The second-order valence-corrected chi connectivity index (χ2v) is 6.36. The molecular weight excluding hydrogens is 224 g/mol. The molecule has 1 aromatic rings. The molecule has 0 radical (unpaired) electrons. The molecule has 3 atom stereocenters. The van der Waals surface area contributed by atoms with Crippen LogP contribution in [0.25, 0.3) is 0 Å². The highest BCUT2D eigenvalue weighted by molar-refractivity contribution is 4.99. The summed E-state index contributed by atoms with van der Waals surface area (Å²) in [7, 11) is 0. The molecule has 1 aliphatic rings. The summed E-state index contributed by atoms with van der Waals surface area (Å²) in [6, 6.07) is 0.395. The molecule has 3 heteroatoms. The van der Waals surface area contributed by atoms with Gasteiger partial charge in [0.05, 0.1) is 6.10 Å². The molecule has 0 saturated heterocycles. The zero-order valence-corrected chi connectivity index (χ0v) is 12.1. The van der Waals surface area contributed by atoms with Gasteiger partial charge in [0.25, 0.3) is 0 Å². The molecular formula is C15H26N2O. The summed E-state index contributed by atoms with van der Waals surface area (Å²) < 4.78 is 2.27. The van der Waals surface area contributed by atoms with Gasteiger partial charge < -0.3 is 9.67 Å². The summed E-state index contributed by atoms with van der Waals surface area (Å²) in [5.41, 5.74) is 0.321. The van der Waals surface area contributed by atoms with Gasteiger partial charge in [0, 0.05) is 18.4 Å². The molecule has 2 rings (SSSR count). The monoisotopic (exact) mass is 250 g/mol. The summed E-state index contributed by atoms with van der Waals surface area (Å²) in [6.07, 6.45) is 7.88. The molecule has 18 heavy (non-hydrogen) atoms. The summed E-state index contributed by atoms with van der Waals surface area (Å²) in [4.78, 5) is 4.34. The number of aryl methyl sites for hydroxylation is 1. The van der Waals surface area contributed by atoms with Crippen LogP contribution in [0.5, 0.6) is 0 Å². The lowest BCUT2D eigenvalue weighted by Gasteiger charge is -2.44. The van der Waals surface area contributed by atoms with Gasteiger partial charge in [-0.3, -0.25) is 0 Å². The van der Waals surface area contributed by atoms with E-state index in [1.165, 1.54) is 6.42 Å². The summed E-state index contributed by atoms with van der Waals surface area (Å²) in [6.45, 7) is 9.03. The number of aromatic nitrogens is 2. The minimum absolute atomic E-state index is 0.152. The average Bonchev–Trinajstić information content (AvgIpc) is 2.75. The molecule has 1 fully saturated rings. The number of imidazole rings is 1. The van der Waals surface area contributed by atoms with Gasteiger partial charge in [-0.05, 0) is 37.5 Å². The van der Waals surface area contributed by atoms with E-state index in [2.05, 4.69) is 43.4 Å². The van der Waals surface area contributed by atoms with Crippen molar-refractivity contribution in [3.63, 3.8) is 0 Å². The summed E-state index contributed by atoms with van der Waals surface area (Å²) >= 11 is 0. The van der Waals surface area contributed by atoms with Crippen LogP contribution in [-0.4, -0.2) is 20.8 Å². The first-order chi connectivity index (χ1) is 8.45. The zero-order chi connectivity index (χ0) is 13.3. The molecule has 0 spiro atoms. The van der Waals surface area contributed by atoms with Crippen molar-refractivity contribution in [2.45, 2.75) is 65.5 Å². The Labute approximate surface area is 110 Å². The fourth-order valence-corrected chi connectivity index (χ4v) is 3.34. The second-order valence-electron chi connectivity index (χ2n) is 6.36. The smallest absolute Gasteiger partial charge is 0.105 e. The number of aliphatic hydroxyl groups is 1. The SMILES string of the molecule is CCC(C)(C)C1CCC(O)CC1n1ccnc1C. The van der Waals surface area contributed by atoms with Gasteiger partial charge in [0.1, 0.15) is 5.82 Å². The lowest BCUT2D eigenvalue weighted by Crippen LogP contribution is -2.38. The van der Waals surface area contributed by atoms with Crippen molar-refractivity contribution < 1.29 is 5.11 Å². The van der Waals surface area contributed by atoms with E-state index in [-0.39, 0.29) is 6.10 Å². The second kappa shape index (κ2) is 5.04. The van der Waals surface area contributed by atoms with Gasteiger partial charge in [-0.15, -0.1) is 0 Å². The minimum Gasteiger partial charge on any atom is -0.393 e. The van der Waals surface area contributed by atoms with Crippen LogP contribution in [0.2, 0.25) is 0 Å². The van der Waals surface area contributed by atoms with Crippen molar-refractivity contribution in [2.24, 2.45) is 11.3 Å². The standard InChI is InChI=1S/C15H26N2O/c1-5-15(3,4)13-7-6-12(18)10-14(13)17-9-8-16-11(17)2/h8-9,12-14,18H,5-7,10H2,1-4H3. The molecule has 3 unspecified atom stereocenters. The van der Waals surface area contributed by atoms with Crippen LogP contribution in [-0.2, 0) is 0 Å². The number of rotatable bonds is 3. The summed E-state index contributed by atoms with van der Waals surface area (Å²) in [5, 5.41) is 9.99. The van der Waals surface area contributed by atoms with E-state index in [0.717, 1.165) is 25.1 Å². The zero-order valence-electron chi connectivity index (χ0n) is 12.1. The molecule has 1 aromatic heterocycles. The predicted octanol–water partition coefficient (Wildman–Crippen LogP) is 3.33. The maximum atomic E-state index is 9.99. The Morgan fingerprint density at radius 1 is 1.44 bits per heavy atom. The van der Waals surface area contributed by atoms with Crippen molar-refractivity contribution in [3.8, 4) is 0 Å². The number of hydrogen-bond acceptors (Lipinski definition) is 2. The first-order valence-corrected chi connectivity index (χ1v) is 7.13. The van der Waals surface area contributed by atoms with E-state index in [1.807, 2.05) is 6.20 Å². The Balaban J connectivity index is 2.30. The van der Waals surface area contributed by atoms with Crippen LogP contribution in [0.3, 0.4) is 0 Å². The number of hydrogen-bond donors (Lipinski definition) is 1. The Morgan fingerprint density at radius 3 is 2.72 bits per heavy atom. The lowest BCUT2D eigenvalue weighted by molar-refractivity contribution is 0.0210. The molecule has 102 valence electrons. The average molecular weight is 250 g/mol. The third kappa shape index (κ3) is 2.46. The maximum absolute atomic E-state index is 9.99. The van der Waals surface area contributed by atoms with Crippen LogP contribution < -0.4 is 0 Å². The van der Waals surface area contributed by atoms with Gasteiger partial charge in [0.15, 0.2) is 0 Å².